The van der Waals surface area contributed by atoms with Crippen molar-refractivity contribution in [3.63, 3.8) is 0 Å². The van der Waals surface area contributed by atoms with Crippen LogP contribution in [0.15, 0.2) is 35.0 Å². The fourth-order valence-corrected chi connectivity index (χ4v) is 7.30. The number of halogens is 2. The minimum atomic E-state index is -0.844. The zero-order chi connectivity index (χ0) is 28.7. The van der Waals surface area contributed by atoms with Gasteiger partial charge in [0.25, 0.3) is 0 Å². The summed E-state index contributed by atoms with van der Waals surface area (Å²) >= 11 is 2.79. The highest BCUT2D eigenvalue weighted by Gasteiger charge is 2.27. The summed E-state index contributed by atoms with van der Waals surface area (Å²) in [4.78, 5) is 1.37. The lowest BCUT2D eigenvalue weighted by Crippen LogP contribution is -2.03. The molecule has 0 N–H and O–H groups in total. The normalized spacial score (nSPS) is 11.7. The van der Waals surface area contributed by atoms with Crippen LogP contribution in [0.1, 0.15) is 122 Å². The third-order valence-electron chi connectivity index (χ3n) is 8.10. The van der Waals surface area contributed by atoms with Crippen molar-refractivity contribution in [1.29, 1.82) is 0 Å². The number of hydrogen-bond donors (Lipinski definition) is 0. The summed E-state index contributed by atoms with van der Waals surface area (Å²) in [5.74, 6) is -1.66. The summed E-state index contributed by atoms with van der Waals surface area (Å²) in [6, 6.07) is 7.35. The minimum absolute atomic E-state index is 0.219. The van der Waals surface area contributed by atoms with Crippen LogP contribution >= 0.6 is 22.7 Å². The molecule has 224 valence electrons. The third kappa shape index (κ3) is 9.18. The third-order valence-corrected chi connectivity index (χ3v) is 9.87. The first-order valence-corrected chi connectivity index (χ1v) is 17.8. The minimum Gasteiger partial charge on any atom is -0.244 e. The van der Waals surface area contributed by atoms with Gasteiger partial charge in [0.15, 0.2) is 11.6 Å². The number of rotatable bonds is 21. The van der Waals surface area contributed by atoms with Crippen molar-refractivity contribution in [2.45, 2.75) is 129 Å². The molecule has 41 heavy (non-hydrogen) atoms. The highest BCUT2D eigenvalue weighted by Crippen LogP contribution is 2.42. The van der Waals surface area contributed by atoms with E-state index in [-0.39, 0.29) is 11.1 Å². The molecule has 3 aromatic heterocycles. The van der Waals surface area contributed by atoms with Gasteiger partial charge in [-0.1, -0.05) is 133 Å². The summed E-state index contributed by atoms with van der Waals surface area (Å²) < 4.78 is 32.7. The van der Waals surface area contributed by atoms with Crippen LogP contribution in [-0.2, 0) is 6.54 Å². The molecule has 3 heterocycles. The fourth-order valence-electron chi connectivity index (χ4n) is 5.77. The Labute approximate surface area is 253 Å². The first-order chi connectivity index (χ1) is 20.2. The van der Waals surface area contributed by atoms with E-state index in [1.807, 2.05) is 35.0 Å². The molecule has 0 unspecified atom stereocenters. The Morgan fingerprint density at radius 1 is 0.610 bits per heavy atom. The Balaban J connectivity index is 1.16. The predicted molar refractivity (Wildman–Crippen MR) is 173 cm³/mol. The molecule has 1 aromatic carbocycles. The van der Waals surface area contributed by atoms with Crippen molar-refractivity contribution < 1.29 is 8.78 Å². The number of unbranched alkanes of at least 4 members (excludes halogenated alkanes) is 17. The summed E-state index contributed by atoms with van der Waals surface area (Å²) in [5, 5.41) is 12.5. The van der Waals surface area contributed by atoms with Gasteiger partial charge < -0.3 is 0 Å². The summed E-state index contributed by atoms with van der Waals surface area (Å²) in [7, 11) is 0. The van der Waals surface area contributed by atoms with Gasteiger partial charge in [-0.3, -0.25) is 0 Å². The highest BCUT2D eigenvalue weighted by molar-refractivity contribution is 7.14. The van der Waals surface area contributed by atoms with E-state index in [1.165, 1.54) is 125 Å². The number of aryl methyl sites for hydroxylation is 1. The monoisotopic (exact) mass is 599 g/mol. The fraction of sp³-hybridized carbons (Fsp3) is 0.588. The van der Waals surface area contributed by atoms with E-state index in [2.05, 4.69) is 17.2 Å². The van der Waals surface area contributed by atoms with Crippen molar-refractivity contribution in [3.8, 4) is 20.9 Å². The van der Waals surface area contributed by atoms with Gasteiger partial charge in [-0.15, -0.1) is 27.8 Å². The number of fused-ring (bicyclic) bond motifs is 1. The largest absolute Gasteiger partial charge is 0.244 e. The topological polar surface area (TPSA) is 30.7 Å². The maximum absolute atomic E-state index is 15.5. The smallest absolute Gasteiger partial charge is 0.170 e. The van der Waals surface area contributed by atoms with Crippen molar-refractivity contribution in [1.82, 2.24) is 15.0 Å². The molecule has 0 amide bonds. The van der Waals surface area contributed by atoms with Gasteiger partial charge in [0, 0.05) is 16.3 Å². The first-order valence-electron chi connectivity index (χ1n) is 16.0. The summed E-state index contributed by atoms with van der Waals surface area (Å²) in [5.41, 5.74) is 1.54. The molecule has 0 aliphatic rings. The molecule has 4 rings (SSSR count). The van der Waals surface area contributed by atoms with Crippen molar-refractivity contribution in [3.05, 3.63) is 46.7 Å². The lowest BCUT2D eigenvalue weighted by Gasteiger charge is -2.11. The molecule has 0 radical (unpaired) electrons. The molecule has 0 fully saturated rings. The second kappa shape index (κ2) is 17.7. The molecule has 0 aliphatic heterocycles. The van der Waals surface area contributed by atoms with E-state index >= 15 is 8.78 Å². The maximum Gasteiger partial charge on any atom is 0.170 e. The lowest BCUT2D eigenvalue weighted by atomic mass is 10.0. The van der Waals surface area contributed by atoms with Gasteiger partial charge >= 0.3 is 0 Å². The van der Waals surface area contributed by atoms with Crippen molar-refractivity contribution in [2.24, 2.45) is 0 Å². The Bertz CT molecular complexity index is 1270. The van der Waals surface area contributed by atoms with Crippen LogP contribution in [0.2, 0.25) is 0 Å². The molecule has 0 bridgehead atoms. The van der Waals surface area contributed by atoms with Crippen LogP contribution in [0.3, 0.4) is 0 Å². The van der Waals surface area contributed by atoms with Crippen LogP contribution in [0.4, 0.5) is 8.78 Å². The molecule has 0 saturated heterocycles. The zero-order valence-electron chi connectivity index (χ0n) is 24.8. The predicted octanol–water partition coefficient (Wildman–Crippen LogP) is 12.2. The van der Waals surface area contributed by atoms with Gasteiger partial charge in [-0.05, 0) is 29.3 Å². The number of benzene rings is 1. The number of hydrogen-bond acceptors (Lipinski definition) is 4. The van der Waals surface area contributed by atoms with E-state index in [4.69, 9.17) is 0 Å². The van der Waals surface area contributed by atoms with E-state index < -0.39 is 11.6 Å². The van der Waals surface area contributed by atoms with Crippen LogP contribution in [0, 0.1) is 11.6 Å². The quantitative estimate of drug-likeness (QED) is 0.0892. The second-order valence-corrected chi connectivity index (χ2v) is 13.2. The van der Waals surface area contributed by atoms with Gasteiger partial charge in [0.2, 0.25) is 0 Å². The molecular weight excluding hydrogens is 553 g/mol. The van der Waals surface area contributed by atoms with E-state index in [1.54, 1.807) is 4.68 Å². The molecule has 4 aromatic rings. The number of thiophene rings is 2. The molecule has 0 saturated carbocycles. The van der Waals surface area contributed by atoms with Crippen molar-refractivity contribution >= 4 is 33.7 Å². The Kier molecular flexibility index (Phi) is 13.8. The van der Waals surface area contributed by atoms with Crippen LogP contribution in [-0.4, -0.2) is 15.0 Å². The van der Waals surface area contributed by atoms with E-state index in [9.17, 15) is 0 Å². The van der Waals surface area contributed by atoms with Crippen LogP contribution in [0.5, 0.6) is 0 Å². The first kappa shape index (κ1) is 31.8. The Morgan fingerprint density at radius 3 is 1.51 bits per heavy atom. The number of nitrogens with zero attached hydrogens (tertiary/aromatic N) is 3. The van der Waals surface area contributed by atoms with Gasteiger partial charge in [0.05, 0.1) is 11.1 Å². The molecule has 7 heteroatoms. The summed E-state index contributed by atoms with van der Waals surface area (Å²) in [6.45, 7) is 2.94. The summed E-state index contributed by atoms with van der Waals surface area (Å²) in [6.07, 6.45) is 24.0. The van der Waals surface area contributed by atoms with E-state index in [0.717, 1.165) is 12.8 Å². The zero-order valence-corrected chi connectivity index (χ0v) is 26.4. The Morgan fingerprint density at radius 2 is 1.05 bits per heavy atom. The van der Waals surface area contributed by atoms with Gasteiger partial charge in [-0.2, -0.15) is 0 Å². The standard InChI is InChI=1S/C34H47F2N3S2/c1-2-3-4-5-6-7-8-9-10-11-12-13-14-15-16-17-18-19-24-39-34-30(28-23-21-26-41-28)32(36)31(35)29(33(34)37-38-39)27-22-20-25-40-27/h20-23,25-26H,2-19,24H2,1H3. The second-order valence-electron chi connectivity index (χ2n) is 11.4. The van der Waals surface area contributed by atoms with Crippen molar-refractivity contribution in [2.75, 3.05) is 0 Å². The average Bonchev–Trinajstić information content (AvgIpc) is 3.77. The maximum atomic E-state index is 15.5. The van der Waals surface area contributed by atoms with Gasteiger partial charge in [-0.25, -0.2) is 13.5 Å². The molecule has 0 aliphatic carbocycles. The van der Waals surface area contributed by atoms with E-state index in [0.29, 0.717) is 27.3 Å². The Hall–Kier alpha value is -2.12. The average molecular weight is 600 g/mol. The number of aromatic nitrogens is 3. The van der Waals surface area contributed by atoms with Crippen LogP contribution in [0.25, 0.3) is 31.9 Å². The highest BCUT2D eigenvalue weighted by atomic mass is 32.1. The van der Waals surface area contributed by atoms with Crippen LogP contribution < -0.4 is 0 Å². The molecular formula is C34H47F2N3S2. The molecule has 0 atom stereocenters. The SMILES string of the molecule is CCCCCCCCCCCCCCCCCCCCn1nnc2c(-c3cccs3)c(F)c(F)c(-c3cccs3)c21. The molecule has 3 nitrogen and oxygen atoms in total. The molecule has 0 spiro atoms. The van der Waals surface area contributed by atoms with Gasteiger partial charge in [0.1, 0.15) is 11.0 Å². The lowest BCUT2D eigenvalue weighted by molar-refractivity contribution is 0.506.